The van der Waals surface area contributed by atoms with Gasteiger partial charge in [0, 0.05) is 26.2 Å². The van der Waals surface area contributed by atoms with E-state index in [1.165, 1.54) is 0 Å². The van der Waals surface area contributed by atoms with Gasteiger partial charge >= 0.3 is 29.0 Å². The molecule has 0 aromatic rings. The van der Waals surface area contributed by atoms with Crippen molar-refractivity contribution < 1.29 is 44.1 Å². The zero-order valence-electron chi connectivity index (χ0n) is 6.42. The molecule has 0 aliphatic carbocycles. The summed E-state index contributed by atoms with van der Waals surface area (Å²) in [5.74, 6) is -0.961. The van der Waals surface area contributed by atoms with Crippen LogP contribution >= 0.6 is 0 Å². The van der Waals surface area contributed by atoms with E-state index in [1.807, 2.05) is 0 Å². The van der Waals surface area contributed by atoms with Crippen molar-refractivity contribution in [2.24, 2.45) is 0 Å². The van der Waals surface area contributed by atoms with Crippen molar-refractivity contribution in [3.63, 3.8) is 0 Å². The maximum absolute atomic E-state index is 9.44. The molecule has 0 heterocycles. The van der Waals surface area contributed by atoms with E-state index in [-0.39, 0.29) is 65.1 Å². The van der Waals surface area contributed by atoms with E-state index < -0.39 is 5.97 Å². The van der Waals surface area contributed by atoms with Crippen molar-refractivity contribution in [2.45, 2.75) is 6.42 Å². The Kier molecular flexibility index (Phi) is 22.0. The molecule has 2 N–H and O–H groups in total. The maximum atomic E-state index is 9.44. The van der Waals surface area contributed by atoms with Gasteiger partial charge in [0.25, 0.3) is 0 Å². The average Bonchev–Trinajstić information content (AvgIpc) is 1.35. The Morgan fingerprint density at radius 2 is 2.00 bits per heavy atom. The van der Waals surface area contributed by atoms with Gasteiger partial charge in [0.2, 0.25) is 0 Å². The van der Waals surface area contributed by atoms with Gasteiger partial charge in [-0.05, 0) is 0 Å². The zero-order valence-corrected chi connectivity index (χ0v) is 8.30. The van der Waals surface area contributed by atoms with Gasteiger partial charge in [0.1, 0.15) is 0 Å². The van der Waals surface area contributed by atoms with Gasteiger partial charge in [-0.2, -0.15) is 0 Å². The van der Waals surface area contributed by atoms with Gasteiger partial charge in [-0.25, -0.2) is 0 Å². The van der Waals surface area contributed by atoms with Crippen molar-refractivity contribution in [3.8, 4) is 0 Å². The molecule has 8 heavy (non-hydrogen) atoms. The molecule has 0 radical (unpaired) electrons. The van der Waals surface area contributed by atoms with Crippen LogP contribution in [0.25, 0.3) is 0 Å². The first-order chi connectivity index (χ1) is 2.77. The number of carbonyl (C=O) groups is 1. The van der Waals surface area contributed by atoms with Gasteiger partial charge in [-0.15, -0.1) is 0 Å². The maximum Gasteiger partial charge on any atom is 2.00 e. The van der Waals surface area contributed by atoms with Crippen molar-refractivity contribution in [3.05, 3.63) is 0 Å². The normalized spacial score (nSPS) is 6.12. The first kappa shape index (κ1) is 16.0. The number of hydrogen-bond donors (Lipinski definition) is 2. The predicted octanol–water partition coefficient (Wildman–Crippen LogP) is -0.705. The summed E-state index contributed by atoms with van der Waals surface area (Å²) >= 11 is 0. The minimum absolute atomic E-state index is 0. The minimum atomic E-state index is -0.961. The van der Waals surface area contributed by atoms with Crippen molar-refractivity contribution >= 4 is 29.0 Å². The van der Waals surface area contributed by atoms with Crippen molar-refractivity contribution in [1.29, 1.82) is 0 Å². The average molecular weight is 208 g/mol. The SMILES string of the molecule is O=C(O)CCO.[H-].[H-].[Mg+2].[Zr]. The van der Waals surface area contributed by atoms with Crippen LogP contribution in [0.15, 0.2) is 0 Å². The fraction of sp³-hybridized carbons (Fsp3) is 0.667. The molecule has 0 unspecified atom stereocenters. The standard InChI is InChI=1S/C3H6O3.Mg.Zr.2H/c4-2-1-3(5)6;;;;/h4H,1-2H2,(H,5,6);;;;/q;+2;;2*-1. The first-order valence-corrected chi connectivity index (χ1v) is 1.60. The third-order valence-corrected chi connectivity index (χ3v) is 0.326. The summed E-state index contributed by atoms with van der Waals surface area (Å²) in [5.41, 5.74) is 0. The molecule has 0 saturated carbocycles. The molecule has 0 aromatic heterocycles. The van der Waals surface area contributed by atoms with Crippen LogP contribution in [0.2, 0.25) is 0 Å². The van der Waals surface area contributed by atoms with E-state index in [9.17, 15) is 4.79 Å². The Morgan fingerprint density at radius 3 is 2.00 bits per heavy atom. The predicted molar refractivity (Wildman–Crippen MR) is 27.3 cm³/mol. The van der Waals surface area contributed by atoms with E-state index in [0.717, 1.165) is 0 Å². The zero-order chi connectivity index (χ0) is 4.99. The molecule has 0 rings (SSSR count). The molecule has 5 heteroatoms. The largest absolute Gasteiger partial charge is 2.00 e. The molecule has 44 valence electrons. The van der Waals surface area contributed by atoms with Gasteiger partial charge < -0.3 is 13.1 Å². The molecule has 0 saturated heterocycles. The van der Waals surface area contributed by atoms with Crippen LogP contribution in [0.5, 0.6) is 0 Å². The molecule has 3 nitrogen and oxygen atoms in total. The number of aliphatic carboxylic acids is 1. The molecular weight excluding hydrogens is 200 g/mol. The first-order valence-electron chi connectivity index (χ1n) is 1.60. The molecule has 0 spiro atoms. The topological polar surface area (TPSA) is 57.5 Å². The minimum Gasteiger partial charge on any atom is -1.00 e. The van der Waals surface area contributed by atoms with Crippen LogP contribution in [0.3, 0.4) is 0 Å². The third kappa shape index (κ3) is 15.7. The molecule has 0 fully saturated rings. The summed E-state index contributed by atoms with van der Waals surface area (Å²) in [6.45, 7) is -0.269. The third-order valence-electron chi connectivity index (χ3n) is 0.326. The Bertz CT molecular complexity index is 65.7. The summed E-state index contributed by atoms with van der Waals surface area (Å²) in [6, 6.07) is 0. The van der Waals surface area contributed by atoms with E-state index in [1.54, 1.807) is 0 Å². The summed E-state index contributed by atoms with van der Waals surface area (Å²) in [6.07, 6.45) is -0.153. The van der Waals surface area contributed by atoms with E-state index in [2.05, 4.69) is 0 Å². The second-order valence-electron chi connectivity index (χ2n) is 0.867. The van der Waals surface area contributed by atoms with Crippen LogP contribution < -0.4 is 0 Å². The second kappa shape index (κ2) is 11.0. The molecule has 0 amide bonds. The molecule has 0 bridgehead atoms. The number of aliphatic hydroxyl groups is 1. The van der Waals surface area contributed by atoms with Gasteiger partial charge in [0.05, 0.1) is 13.0 Å². The Morgan fingerprint density at radius 1 is 1.62 bits per heavy atom. The molecule has 0 aliphatic rings. The van der Waals surface area contributed by atoms with Gasteiger partial charge in [-0.3, -0.25) is 4.79 Å². The van der Waals surface area contributed by atoms with Gasteiger partial charge in [-0.1, -0.05) is 0 Å². The number of hydrogen-bond acceptors (Lipinski definition) is 2. The number of carboxylic acids is 1. The van der Waals surface area contributed by atoms with E-state index in [0.29, 0.717) is 0 Å². The molecule has 0 atom stereocenters. The Labute approximate surface area is 85.7 Å². The fourth-order valence-electron chi connectivity index (χ4n) is 0.0956. The summed E-state index contributed by atoms with van der Waals surface area (Å²) in [7, 11) is 0. The molecular formula is C3H8MgO3Zr. The fourth-order valence-corrected chi connectivity index (χ4v) is 0.0956. The van der Waals surface area contributed by atoms with E-state index in [4.69, 9.17) is 10.2 Å². The van der Waals surface area contributed by atoms with Crippen molar-refractivity contribution in [1.82, 2.24) is 0 Å². The van der Waals surface area contributed by atoms with Crippen LogP contribution in [-0.4, -0.2) is 45.8 Å². The van der Waals surface area contributed by atoms with Crippen LogP contribution in [0, 0.1) is 0 Å². The van der Waals surface area contributed by atoms with Crippen molar-refractivity contribution in [2.75, 3.05) is 6.61 Å². The summed E-state index contributed by atoms with van der Waals surface area (Å²) < 4.78 is 0. The second-order valence-corrected chi connectivity index (χ2v) is 0.867. The number of aliphatic hydroxyl groups excluding tert-OH is 1. The smallest absolute Gasteiger partial charge is 1.00 e. The van der Waals surface area contributed by atoms with Crippen LogP contribution in [-0.2, 0) is 31.0 Å². The van der Waals surface area contributed by atoms with Crippen LogP contribution in [0.4, 0.5) is 0 Å². The summed E-state index contributed by atoms with van der Waals surface area (Å²) in [5, 5.41) is 15.6. The van der Waals surface area contributed by atoms with Gasteiger partial charge in [0.15, 0.2) is 0 Å². The quantitative estimate of drug-likeness (QED) is 0.589. The Balaban J connectivity index is -0.0000000208. The van der Waals surface area contributed by atoms with Crippen LogP contribution in [0.1, 0.15) is 9.27 Å². The monoisotopic (exact) mass is 206 g/mol. The number of rotatable bonds is 2. The Hall–Kier alpha value is 1.08. The number of carboxylic acid groups (broad SMARTS) is 1. The molecule has 0 aliphatic heterocycles. The van der Waals surface area contributed by atoms with E-state index >= 15 is 0 Å². The molecule has 0 aromatic carbocycles. The summed E-state index contributed by atoms with van der Waals surface area (Å²) in [4.78, 5) is 9.44.